The van der Waals surface area contributed by atoms with Crippen molar-refractivity contribution in [3.63, 3.8) is 0 Å². The predicted octanol–water partition coefficient (Wildman–Crippen LogP) is 2.15. The summed E-state index contributed by atoms with van der Waals surface area (Å²) in [4.78, 5) is 23.1. The number of benzene rings is 1. The molecule has 1 fully saturated rings. The van der Waals surface area contributed by atoms with E-state index < -0.39 is 0 Å². The van der Waals surface area contributed by atoms with Gasteiger partial charge in [0.1, 0.15) is 11.9 Å². The molecule has 0 radical (unpaired) electrons. The number of nitrogens with zero attached hydrogens (tertiary/aromatic N) is 3. The Balaban J connectivity index is 1.74. The lowest BCUT2D eigenvalue weighted by molar-refractivity contribution is -0.0248. The molecule has 1 aliphatic heterocycles. The highest BCUT2D eigenvalue weighted by atomic mass is 16.5. The molecule has 0 unspecified atom stereocenters. The van der Waals surface area contributed by atoms with Gasteiger partial charge in [0, 0.05) is 25.4 Å². The molecule has 3 rings (SSSR count). The van der Waals surface area contributed by atoms with Gasteiger partial charge in [0.25, 0.3) is 5.91 Å². The van der Waals surface area contributed by atoms with Crippen molar-refractivity contribution in [3.05, 3.63) is 59.2 Å². The van der Waals surface area contributed by atoms with E-state index in [1.807, 2.05) is 42.2 Å². The molecule has 2 aromatic rings. The number of aromatic nitrogens is 2. The lowest BCUT2D eigenvalue weighted by Gasteiger charge is -2.32. The van der Waals surface area contributed by atoms with Crippen LogP contribution in [-0.2, 0) is 16.1 Å². The molecule has 0 saturated carbocycles. The quantitative estimate of drug-likeness (QED) is 0.861. The molecule has 126 valence electrons. The minimum absolute atomic E-state index is 0.00651. The fourth-order valence-corrected chi connectivity index (χ4v) is 2.81. The first kappa shape index (κ1) is 16.5. The Kier molecular flexibility index (Phi) is 5.17. The highest BCUT2D eigenvalue weighted by Crippen LogP contribution is 2.22. The lowest BCUT2D eigenvalue weighted by atomic mass is 10.1. The summed E-state index contributed by atoms with van der Waals surface area (Å²) in [5.74, 6) is 0.707. The van der Waals surface area contributed by atoms with Crippen LogP contribution in [-0.4, -0.2) is 47.6 Å². The van der Waals surface area contributed by atoms with Crippen LogP contribution >= 0.6 is 0 Å². The van der Waals surface area contributed by atoms with Gasteiger partial charge in [0.2, 0.25) is 0 Å². The van der Waals surface area contributed by atoms with Gasteiger partial charge in [-0.2, -0.15) is 0 Å². The minimum atomic E-state index is -0.216. The predicted molar refractivity (Wildman–Crippen MR) is 88.5 cm³/mol. The first-order valence-electron chi connectivity index (χ1n) is 7.95. The Hall–Kier alpha value is -2.31. The van der Waals surface area contributed by atoms with Crippen molar-refractivity contribution in [2.45, 2.75) is 19.6 Å². The summed E-state index contributed by atoms with van der Waals surface area (Å²) < 4.78 is 10.9. The maximum atomic E-state index is 12.8. The Labute approximate surface area is 141 Å². The number of methoxy groups -OCH3 is 1. The molecule has 0 spiro atoms. The van der Waals surface area contributed by atoms with Gasteiger partial charge >= 0.3 is 0 Å². The van der Waals surface area contributed by atoms with Crippen molar-refractivity contribution >= 4 is 5.91 Å². The molecule has 6 heteroatoms. The zero-order valence-corrected chi connectivity index (χ0v) is 13.9. The van der Waals surface area contributed by atoms with Crippen LogP contribution in [0.3, 0.4) is 0 Å². The minimum Gasteiger partial charge on any atom is -0.380 e. The van der Waals surface area contributed by atoms with E-state index in [1.165, 1.54) is 0 Å². The molecule has 0 N–H and O–H groups in total. The summed E-state index contributed by atoms with van der Waals surface area (Å²) in [7, 11) is 1.64. The van der Waals surface area contributed by atoms with Gasteiger partial charge < -0.3 is 14.4 Å². The van der Waals surface area contributed by atoms with Crippen molar-refractivity contribution in [1.29, 1.82) is 0 Å². The van der Waals surface area contributed by atoms with Crippen molar-refractivity contribution in [2.24, 2.45) is 0 Å². The number of carbonyl (C=O) groups is 1. The summed E-state index contributed by atoms with van der Waals surface area (Å²) in [5, 5.41) is 0. The van der Waals surface area contributed by atoms with Crippen molar-refractivity contribution in [3.8, 4) is 0 Å². The Bertz CT molecular complexity index is 720. The molecule has 24 heavy (non-hydrogen) atoms. The van der Waals surface area contributed by atoms with E-state index in [1.54, 1.807) is 13.3 Å². The summed E-state index contributed by atoms with van der Waals surface area (Å²) in [6.45, 7) is 3.90. The number of rotatable bonds is 4. The number of morpholine rings is 1. The average molecular weight is 327 g/mol. The first-order valence-corrected chi connectivity index (χ1v) is 7.95. The van der Waals surface area contributed by atoms with Crippen LogP contribution < -0.4 is 0 Å². The maximum Gasteiger partial charge on any atom is 0.254 e. The number of hydrogen-bond acceptors (Lipinski definition) is 5. The molecule has 0 bridgehead atoms. The van der Waals surface area contributed by atoms with Gasteiger partial charge in [-0.3, -0.25) is 4.79 Å². The number of ether oxygens (including phenoxy) is 2. The van der Waals surface area contributed by atoms with E-state index >= 15 is 0 Å². The van der Waals surface area contributed by atoms with Crippen LogP contribution in [0, 0.1) is 6.92 Å². The van der Waals surface area contributed by atoms with E-state index in [4.69, 9.17) is 9.47 Å². The molecule has 1 aliphatic rings. The second-order valence-corrected chi connectivity index (χ2v) is 5.77. The maximum absolute atomic E-state index is 12.8. The standard InChI is InChI=1S/C18H21N3O3/c1-13-19-7-6-16(20-13)17-11-21(8-9-24-17)18(22)15-5-3-4-14(10-15)12-23-2/h3-7,10,17H,8-9,11-12H2,1-2H3/t17-/m1/s1. The molecule has 0 aliphatic carbocycles. The number of amides is 1. The van der Waals surface area contributed by atoms with E-state index in [2.05, 4.69) is 9.97 Å². The highest BCUT2D eigenvalue weighted by molar-refractivity contribution is 5.94. The van der Waals surface area contributed by atoms with E-state index in [-0.39, 0.29) is 12.0 Å². The van der Waals surface area contributed by atoms with Crippen LogP contribution in [0.5, 0.6) is 0 Å². The Morgan fingerprint density at radius 3 is 3.08 bits per heavy atom. The van der Waals surface area contributed by atoms with E-state index in [0.717, 1.165) is 11.3 Å². The third-order valence-corrected chi connectivity index (χ3v) is 3.97. The molecular weight excluding hydrogens is 306 g/mol. The van der Waals surface area contributed by atoms with Crippen molar-refractivity contribution < 1.29 is 14.3 Å². The third-order valence-electron chi connectivity index (χ3n) is 3.97. The second-order valence-electron chi connectivity index (χ2n) is 5.77. The topological polar surface area (TPSA) is 64.5 Å². The van der Waals surface area contributed by atoms with Gasteiger partial charge in [0.15, 0.2) is 0 Å². The molecule has 2 heterocycles. The van der Waals surface area contributed by atoms with Crippen molar-refractivity contribution in [1.82, 2.24) is 14.9 Å². The second kappa shape index (κ2) is 7.51. The molecule has 1 atom stereocenters. The molecule has 1 aromatic carbocycles. The average Bonchev–Trinajstić information content (AvgIpc) is 2.62. The first-order chi connectivity index (χ1) is 11.7. The van der Waals surface area contributed by atoms with E-state index in [0.29, 0.717) is 37.7 Å². The van der Waals surface area contributed by atoms with Crippen LogP contribution in [0.25, 0.3) is 0 Å². The van der Waals surface area contributed by atoms with Gasteiger partial charge in [0.05, 0.1) is 25.5 Å². The van der Waals surface area contributed by atoms with Crippen LogP contribution in [0.2, 0.25) is 0 Å². The van der Waals surface area contributed by atoms with E-state index in [9.17, 15) is 4.79 Å². The smallest absolute Gasteiger partial charge is 0.254 e. The molecule has 1 aromatic heterocycles. The number of aryl methyl sites for hydroxylation is 1. The summed E-state index contributed by atoms with van der Waals surface area (Å²) in [6.07, 6.45) is 1.50. The number of carbonyl (C=O) groups excluding carboxylic acids is 1. The van der Waals surface area contributed by atoms with Crippen LogP contribution in [0.15, 0.2) is 36.5 Å². The third kappa shape index (κ3) is 3.77. The molecule has 6 nitrogen and oxygen atoms in total. The molecule has 1 amide bonds. The fraction of sp³-hybridized carbons (Fsp3) is 0.389. The largest absolute Gasteiger partial charge is 0.380 e. The van der Waals surface area contributed by atoms with Gasteiger partial charge in [-0.15, -0.1) is 0 Å². The zero-order valence-electron chi connectivity index (χ0n) is 13.9. The Morgan fingerprint density at radius 1 is 1.42 bits per heavy atom. The zero-order chi connectivity index (χ0) is 16.9. The highest BCUT2D eigenvalue weighted by Gasteiger charge is 2.27. The SMILES string of the molecule is COCc1cccc(C(=O)N2CCO[C@@H](c3ccnc(C)n3)C2)c1. The van der Waals surface area contributed by atoms with Gasteiger partial charge in [-0.05, 0) is 30.7 Å². The summed E-state index contributed by atoms with van der Waals surface area (Å²) >= 11 is 0. The van der Waals surface area contributed by atoms with Gasteiger partial charge in [-0.25, -0.2) is 9.97 Å². The van der Waals surface area contributed by atoms with Gasteiger partial charge in [-0.1, -0.05) is 12.1 Å². The summed E-state index contributed by atoms with van der Waals surface area (Å²) in [6, 6.07) is 9.39. The normalized spacial score (nSPS) is 17.8. The van der Waals surface area contributed by atoms with Crippen LogP contribution in [0.4, 0.5) is 0 Å². The van der Waals surface area contributed by atoms with Crippen LogP contribution in [0.1, 0.15) is 33.5 Å². The van der Waals surface area contributed by atoms with Crippen molar-refractivity contribution in [2.75, 3.05) is 26.8 Å². The Morgan fingerprint density at radius 2 is 2.29 bits per heavy atom. The molecular formula is C18H21N3O3. The summed E-state index contributed by atoms with van der Waals surface area (Å²) in [5.41, 5.74) is 2.47. The number of hydrogen-bond donors (Lipinski definition) is 0. The monoisotopic (exact) mass is 327 g/mol. The lowest BCUT2D eigenvalue weighted by Crippen LogP contribution is -2.42. The fourth-order valence-electron chi connectivity index (χ4n) is 2.81. The molecule has 1 saturated heterocycles.